The summed E-state index contributed by atoms with van der Waals surface area (Å²) in [5.41, 5.74) is 3.66. The Morgan fingerprint density at radius 1 is 1.12 bits per heavy atom. The van der Waals surface area contributed by atoms with Crippen LogP contribution in [0, 0.1) is 0 Å². The molecule has 1 aliphatic rings. The van der Waals surface area contributed by atoms with Crippen molar-refractivity contribution in [3.05, 3.63) is 81.4 Å². The van der Waals surface area contributed by atoms with E-state index in [-0.39, 0.29) is 11.6 Å². The second kappa shape index (κ2) is 9.74. The summed E-state index contributed by atoms with van der Waals surface area (Å²) < 4.78 is 12.7. The van der Waals surface area contributed by atoms with Crippen molar-refractivity contribution in [3.8, 4) is 5.75 Å². The van der Waals surface area contributed by atoms with E-state index in [0.717, 1.165) is 41.7 Å². The number of rotatable bonds is 7. The lowest BCUT2D eigenvalue weighted by atomic mass is 10.0. The summed E-state index contributed by atoms with van der Waals surface area (Å²) in [5.74, 6) is 1.47. The molecule has 1 atom stereocenters. The van der Waals surface area contributed by atoms with Crippen LogP contribution in [0.5, 0.6) is 5.75 Å². The fourth-order valence-corrected chi connectivity index (χ4v) is 4.61. The Morgan fingerprint density at radius 2 is 1.88 bits per heavy atom. The normalized spacial score (nSPS) is 15.5. The number of aryl methyl sites for hydroxylation is 1. The number of nitrogens with zero attached hydrogens (tertiary/aromatic N) is 4. The predicted octanol–water partition coefficient (Wildman–Crippen LogP) is 1.14. The smallest absolute Gasteiger partial charge is 0.258 e. The summed E-state index contributed by atoms with van der Waals surface area (Å²) in [6, 6.07) is 15.7. The number of fused-ring (bicyclic) bond motifs is 1. The standard InChI is InChI=1S/C25H28N6O3/c1-3-17-6-9-22-19(14-17)15-21(25(32)26-22)23(30-10-12-34-13-11-30)24-27-28-29-31(24)16-18-4-7-20(33-2)8-5-18/h4-9,14-15,23H,3,10-13,16H2,1-2H3,(H,26,32)/p+1/t23-/m0/s1. The molecular formula is C25H29N6O3+. The van der Waals surface area contributed by atoms with E-state index in [1.165, 1.54) is 10.5 Å². The van der Waals surface area contributed by atoms with Crippen LogP contribution in [0.2, 0.25) is 0 Å². The Labute approximate surface area is 197 Å². The summed E-state index contributed by atoms with van der Waals surface area (Å²) >= 11 is 0. The van der Waals surface area contributed by atoms with Crippen molar-refractivity contribution in [1.29, 1.82) is 0 Å². The van der Waals surface area contributed by atoms with Gasteiger partial charge in [-0.05, 0) is 63.7 Å². The van der Waals surface area contributed by atoms with E-state index in [0.29, 0.717) is 31.1 Å². The monoisotopic (exact) mass is 461 g/mol. The molecule has 0 radical (unpaired) electrons. The topological polar surface area (TPSA) is 99.4 Å². The van der Waals surface area contributed by atoms with Crippen molar-refractivity contribution in [2.75, 3.05) is 33.4 Å². The van der Waals surface area contributed by atoms with E-state index in [4.69, 9.17) is 9.47 Å². The summed E-state index contributed by atoms with van der Waals surface area (Å²) in [7, 11) is 1.65. The maximum Gasteiger partial charge on any atom is 0.258 e. The van der Waals surface area contributed by atoms with Crippen LogP contribution in [-0.4, -0.2) is 58.6 Å². The first-order valence-electron chi connectivity index (χ1n) is 11.6. The second-order valence-electron chi connectivity index (χ2n) is 8.58. The van der Waals surface area contributed by atoms with Crippen LogP contribution >= 0.6 is 0 Å². The SMILES string of the molecule is CCc1ccc2[nH]c(=O)c([C@@H](c3nnnn3Cc3ccc(OC)cc3)[NH+]3CCOCC3)cc2c1. The molecule has 34 heavy (non-hydrogen) atoms. The quantitative estimate of drug-likeness (QED) is 0.428. The number of methoxy groups -OCH3 is 1. The van der Waals surface area contributed by atoms with Gasteiger partial charge in [0.25, 0.3) is 5.56 Å². The van der Waals surface area contributed by atoms with Gasteiger partial charge in [-0.25, -0.2) is 4.68 Å². The fourth-order valence-electron chi connectivity index (χ4n) is 4.61. The Morgan fingerprint density at radius 3 is 2.62 bits per heavy atom. The molecule has 0 bridgehead atoms. The molecule has 1 saturated heterocycles. The molecule has 0 aliphatic carbocycles. The molecule has 2 aromatic heterocycles. The van der Waals surface area contributed by atoms with Crippen LogP contribution in [0.4, 0.5) is 0 Å². The van der Waals surface area contributed by atoms with E-state index in [1.54, 1.807) is 11.8 Å². The zero-order valence-corrected chi connectivity index (χ0v) is 19.5. The first-order chi connectivity index (χ1) is 16.7. The largest absolute Gasteiger partial charge is 0.497 e. The zero-order valence-electron chi connectivity index (χ0n) is 19.5. The van der Waals surface area contributed by atoms with E-state index in [1.807, 2.05) is 36.4 Å². The highest BCUT2D eigenvalue weighted by molar-refractivity contribution is 5.79. The predicted molar refractivity (Wildman–Crippen MR) is 127 cm³/mol. The second-order valence-corrected chi connectivity index (χ2v) is 8.58. The molecule has 9 heteroatoms. The summed E-state index contributed by atoms with van der Waals surface area (Å²) in [5, 5.41) is 13.7. The van der Waals surface area contributed by atoms with Crippen LogP contribution in [0.15, 0.2) is 53.3 Å². The number of aromatic nitrogens is 5. The minimum Gasteiger partial charge on any atom is -0.497 e. The number of aromatic amines is 1. The lowest BCUT2D eigenvalue weighted by Crippen LogP contribution is -3.14. The number of H-pyrrole nitrogens is 1. The van der Waals surface area contributed by atoms with Gasteiger partial charge in [0, 0.05) is 5.52 Å². The molecule has 2 N–H and O–H groups in total. The maximum atomic E-state index is 13.3. The number of nitrogens with one attached hydrogen (secondary N) is 2. The first-order valence-corrected chi connectivity index (χ1v) is 11.6. The average molecular weight is 462 g/mol. The summed E-state index contributed by atoms with van der Waals surface area (Å²) in [6.07, 6.45) is 0.933. The Bertz CT molecular complexity index is 1320. The molecule has 5 rings (SSSR count). The Kier molecular flexibility index (Phi) is 6.37. The number of pyridine rings is 1. The average Bonchev–Trinajstić information content (AvgIpc) is 3.33. The number of hydrogen-bond acceptors (Lipinski definition) is 6. The minimum absolute atomic E-state index is 0.111. The number of benzene rings is 2. The van der Waals surface area contributed by atoms with Gasteiger partial charge in [0.05, 0.1) is 32.4 Å². The van der Waals surface area contributed by atoms with Gasteiger partial charge in [-0.15, -0.1) is 5.10 Å². The van der Waals surface area contributed by atoms with Crippen LogP contribution in [0.3, 0.4) is 0 Å². The van der Waals surface area contributed by atoms with Crippen LogP contribution < -0.4 is 15.2 Å². The molecule has 0 spiro atoms. The van der Waals surface area contributed by atoms with Crippen molar-refractivity contribution >= 4 is 10.9 Å². The van der Waals surface area contributed by atoms with Crippen molar-refractivity contribution in [1.82, 2.24) is 25.2 Å². The highest BCUT2D eigenvalue weighted by atomic mass is 16.5. The Hall–Kier alpha value is -3.56. The third kappa shape index (κ3) is 4.44. The number of quaternary nitrogens is 1. The Balaban J connectivity index is 1.58. The van der Waals surface area contributed by atoms with Crippen molar-refractivity contribution < 1.29 is 14.4 Å². The fraction of sp³-hybridized carbons (Fsp3) is 0.360. The van der Waals surface area contributed by atoms with Crippen LogP contribution in [-0.2, 0) is 17.7 Å². The third-order valence-corrected chi connectivity index (χ3v) is 6.51. The highest BCUT2D eigenvalue weighted by Crippen LogP contribution is 2.21. The number of hydrogen-bond donors (Lipinski definition) is 2. The molecule has 3 heterocycles. The van der Waals surface area contributed by atoms with E-state index < -0.39 is 0 Å². The number of tetrazole rings is 1. The summed E-state index contributed by atoms with van der Waals surface area (Å²) in [6.45, 7) is 5.44. The molecule has 1 fully saturated rings. The highest BCUT2D eigenvalue weighted by Gasteiger charge is 2.35. The van der Waals surface area contributed by atoms with Gasteiger partial charge in [0.2, 0.25) is 5.82 Å². The minimum atomic E-state index is -0.310. The van der Waals surface area contributed by atoms with Crippen molar-refractivity contribution in [2.24, 2.45) is 0 Å². The van der Waals surface area contributed by atoms with Crippen LogP contribution in [0.1, 0.15) is 35.5 Å². The zero-order chi connectivity index (χ0) is 23.5. The van der Waals surface area contributed by atoms with Gasteiger partial charge < -0.3 is 19.4 Å². The van der Waals surface area contributed by atoms with Crippen molar-refractivity contribution in [3.63, 3.8) is 0 Å². The lowest BCUT2D eigenvalue weighted by molar-refractivity contribution is -0.933. The molecule has 4 aromatic rings. The molecule has 0 unspecified atom stereocenters. The van der Waals surface area contributed by atoms with E-state index >= 15 is 0 Å². The van der Waals surface area contributed by atoms with Gasteiger partial charge in [-0.1, -0.05) is 25.1 Å². The van der Waals surface area contributed by atoms with Gasteiger partial charge >= 0.3 is 0 Å². The maximum absolute atomic E-state index is 13.3. The number of ether oxygens (including phenoxy) is 2. The van der Waals surface area contributed by atoms with E-state index in [9.17, 15) is 4.79 Å². The van der Waals surface area contributed by atoms with E-state index in [2.05, 4.69) is 39.6 Å². The van der Waals surface area contributed by atoms with Gasteiger partial charge in [0.1, 0.15) is 18.8 Å². The molecule has 0 saturated carbocycles. The van der Waals surface area contributed by atoms with Gasteiger partial charge in [-0.3, -0.25) is 4.79 Å². The molecule has 9 nitrogen and oxygen atoms in total. The summed E-state index contributed by atoms with van der Waals surface area (Å²) in [4.78, 5) is 17.6. The lowest BCUT2D eigenvalue weighted by Gasteiger charge is -2.30. The number of morpholine rings is 1. The first kappa shape index (κ1) is 22.2. The van der Waals surface area contributed by atoms with Crippen molar-refractivity contribution in [2.45, 2.75) is 25.9 Å². The molecule has 0 amide bonds. The molecular weight excluding hydrogens is 432 g/mol. The van der Waals surface area contributed by atoms with Gasteiger partial charge in [0.15, 0.2) is 6.04 Å². The van der Waals surface area contributed by atoms with Gasteiger partial charge in [-0.2, -0.15) is 0 Å². The molecule has 2 aromatic carbocycles. The molecule has 176 valence electrons. The third-order valence-electron chi connectivity index (χ3n) is 6.51. The van der Waals surface area contributed by atoms with Crippen LogP contribution in [0.25, 0.3) is 10.9 Å². The molecule has 1 aliphatic heterocycles.